The number of amides is 2. The number of piperazine rings is 1. The van der Waals surface area contributed by atoms with E-state index >= 15 is 0 Å². The number of halogens is 1. The summed E-state index contributed by atoms with van der Waals surface area (Å²) in [5.41, 5.74) is -0.205. The van der Waals surface area contributed by atoms with Crippen molar-refractivity contribution in [1.29, 1.82) is 0 Å². The molecule has 5 heteroatoms. The molecule has 1 heterocycles. The molecule has 4 nitrogen and oxygen atoms in total. The number of carbonyl (C=O) groups is 2. The molecule has 1 atom stereocenters. The molecule has 1 fully saturated rings. The summed E-state index contributed by atoms with van der Waals surface area (Å²) in [6.45, 7) is 7.29. The predicted octanol–water partition coefficient (Wildman–Crippen LogP) is 2.61. The smallest absolute Gasteiger partial charge is 0.252 e. The number of carbonyl (C=O) groups excluding carboxylic acids is 2. The van der Waals surface area contributed by atoms with Gasteiger partial charge in [-0.3, -0.25) is 14.5 Å². The minimum absolute atomic E-state index is 0.0192. The first kappa shape index (κ1) is 14.9. The molecule has 0 spiro atoms. The lowest BCUT2D eigenvalue weighted by Gasteiger charge is -2.44. The monoisotopic (exact) mass is 294 g/mol. The number of nitrogens with one attached hydrogen (secondary N) is 1. The number of anilines is 1. The Hall–Kier alpha value is -1.55. The van der Waals surface area contributed by atoms with Gasteiger partial charge in [0, 0.05) is 10.7 Å². The second kappa shape index (κ2) is 5.09. The Kier molecular flexibility index (Phi) is 3.78. The van der Waals surface area contributed by atoms with E-state index in [1.807, 2.05) is 13.8 Å². The van der Waals surface area contributed by atoms with Gasteiger partial charge in [-0.2, -0.15) is 0 Å². The van der Waals surface area contributed by atoms with Gasteiger partial charge in [0.15, 0.2) is 0 Å². The van der Waals surface area contributed by atoms with Crippen LogP contribution >= 0.6 is 11.6 Å². The quantitative estimate of drug-likeness (QED) is 0.911. The van der Waals surface area contributed by atoms with Crippen LogP contribution in [-0.2, 0) is 9.59 Å². The van der Waals surface area contributed by atoms with Gasteiger partial charge in [-0.25, -0.2) is 0 Å². The van der Waals surface area contributed by atoms with Crippen LogP contribution in [-0.4, -0.2) is 23.4 Å². The largest absolute Gasteiger partial charge is 0.340 e. The number of hydrogen-bond acceptors (Lipinski definition) is 2. The van der Waals surface area contributed by atoms with Crippen molar-refractivity contribution < 1.29 is 9.59 Å². The average Bonchev–Trinajstić information content (AvgIpc) is 2.33. The third-order valence-corrected chi connectivity index (χ3v) is 3.72. The van der Waals surface area contributed by atoms with Crippen molar-refractivity contribution in [2.45, 2.75) is 39.3 Å². The molecular formula is C15H19ClN2O2. The molecule has 1 N–H and O–H groups in total. The van der Waals surface area contributed by atoms with Crippen LogP contribution in [0.4, 0.5) is 5.69 Å². The van der Waals surface area contributed by atoms with E-state index in [0.29, 0.717) is 10.7 Å². The molecule has 0 radical (unpaired) electrons. The van der Waals surface area contributed by atoms with Crippen LogP contribution in [0.25, 0.3) is 0 Å². The van der Waals surface area contributed by atoms with E-state index in [1.165, 1.54) is 0 Å². The summed E-state index contributed by atoms with van der Waals surface area (Å²) in [5, 5.41) is 3.39. The highest BCUT2D eigenvalue weighted by atomic mass is 35.5. The molecule has 1 aromatic carbocycles. The van der Waals surface area contributed by atoms with E-state index in [1.54, 1.807) is 43.0 Å². The van der Waals surface area contributed by atoms with Crippen LogP contribution in [0.15, 0.2) is 24.3 Å². The Morgan fingerprint density at radius 2 is 1.75 bits per heavy atom. The van der Waals surface area contributed by atoms with Crippen LogP contribution in [0.2, 0.25) is 5.02 Å². The normalized spacial score (nSPS) is 22.1. The second-order valence-electron chi connectivity index (χ2n) is 5.95. The summed E-state index contributed by atoms with van der Waals surface area (Å²) in [7, 11) is 0. The first-order valence-corrected chi connectivity index (χ1v) is 7.03. The molecule has 20 heavy (non-hydrogen) atoms. The number of rotatable bonds is 2. The lowest BCUT2D eigenvalue weighted by Crippen LogP contribution is -2.69. The zero-order chi connectivity index (χ0) is 15.1. The Bertz CT molecular complexity index is 537. The molecule has 0 bridgehead atoms. The van der Waals surface area contributed by atoms with E-state index in [2.05, 4.69) is 5.32 Å². The molecule has 108 valence electrons. The zero-order valence-corrected chi connectivity index (χ0v) is 12.9. The lowest BCUT2D eigenvalue weighted by atomic mass is 9.91. The zero-order valence-electron chi connectivity index (χ0n) is 12.1. The minimum Gasteiger partial charge on any atom is -0.340 e. The Morgan fingerprint density at radius 1 is 1.20 bits per heavy atom. The highest BCUT2D eigenvalue weighted by Crippen LogP contribution is 2.29. The van der Waals surface area contributed by atoms with Gasteiger partial charge in [0.05, 0.1) is 0 Å². The topological polar surface area (TPSA) is 49.4 Å². The molecular weight excluding hydrogens is 276 g/mol. The van der Waals surface area contributed by atoms with Gasteiger partial charge in [0.2, 0.25) is 5.91 Å². The summed E-state index contributed by atoms with van der Waals surface area (Å²) >= 11 is 5.89. The number of nitrogens with zero attached hydrogens (tertiary/aromatic N) is 1. The molecule has 2 amide bonds. The fourth-order valence-electron chi connectivity index (χ4n) is 2.46. The van der Waals surface area contributed by atoms with Crippen molar-refractivity contribution in [2.24, 2.45) is 5.92 Å². The molecule has 1 unspecified atom stereocenters. The van der Waals surface area contributed by atoms with Crippen molar-refractivity contribution >= 4 is 29.1 Å². The van der Waals surface area contributed by atoms with Gasteiger partial charge in [-0.1, -0.05) is 25.4 Å². The van der Waals surface area contributed by atoms with Gasteiger partial charge < -0.3 is 5.32 Å². The van der Waals surface area contributed by atoms with E-state index < -0.39 is 11.6 Å². The number of benzene rings is 1. The van der Waals surface area contributed by atoms with Gasteiger partial charge in [0.25, 0.3) is 5.91 Å². The summed E-state index contributed by atoms with van der Waals surface area (Å²) in [4.78, 5) is 26.6. The molecule has 1 aromatic rings. The highest BCUT2D eigenvalue weighted by Gasteiger charge is 2.46. The first-order valence-electron chi connectivity index (χ1n) is 6.65. The SMILES string of the molecule is CC(C)C1C(=O)NC(C)(C)C(=O)N1c1ccc(Cl)cc1. The maximum absolute atomic E-state index is 12.7. The lowest BCUT2D eigenvalue weighted by molar-refractivity contribution is -0.138. The number of hydrogen-bond donors (Lipinski definition) is 1. The van der Waals surface area contributed by atoms with E-state index in [0.717, 1.165) is 0 Å². The summed E-state index contributed by atoms with van der Waals surface area (Å²) < 4.78 is 0. The van der Waals surface area contributed by atoms with Crippen LogP contribution < -0.4 is 10.2 Å². The molecule has 0 aromatic heterocycles. The maximum atomic E-state index is 12.7. The third-order valence-electron chi connectivity index (χ3n) is 3.47. The molecule has 0 aliphatic carbocycles. The highest BCUT2D eigenvalue weighted by molar-refractivity contribution is 6.30. The molecule has 1 saturated heterocycles. The summed E-state index contributed by atoms with van der Waals surface area (Å²) in [6, 6.07) is 6.48. The maximum Gasteiger partial charge on any atom is 0.252 e. The average molecular weight is 295 g/mol. The van der Waals surface area contributed by atoms with Crippen molar-refractivity contribution in [3.63, 3.8) is 0 Å². The fraction of sp³-hybridized carbons (Fsp3) is 0.467. The Labute approximate surface area is 124 Å². The van der Waals surface area contributed by atoms with Crippen molar-refractivity contribution in [3.8, 4) is 0 Å². The Morgan fingerprint density at radius 3 is 2.25 bits per heavy atom. The van der Waals surface area contributed by atoms with Gasteiger partial charge >= 0.3 is 0 Å². The summed E-state index contributed by atoms with van der Waals surface area (Å²) in [6.07, 6.45) is 0. The Balaban J connectivity index is 2.50. The predicted molar refractivity (Wildman–Crippen MR) is 79.8 cm³/mol. The molecule has 2 rings (SSSR count). The minimum atomic E-state index is -0.901. The van der Waals surface area contributed by atoms with Crippen molar-refractivity contribution in [2.75, 3.05) is 4.90 Å². The van der Waals surface area contributed by atoms with Crippen LogP contribution in [0.5, 0.6) is 0 Å². The molecule has 1 aliphatic heterocycles. The fourth-order valence-corrected chi connectivity index (χ4v) is 2.59. The van der Waals surface area contributed by atoms with Gasteiger partial charge in [0.1, 0.15) is 11.6 Å². The van der Waals surface area contributed by atoms with E-state index in [4.69, 9.17) is 11.6 Å². The second-order valence-corrected chi connectivity index (χ2v) is 6.39. The van der Waals surface area contributed by atoms with Crippen molar-refractivity contribution in [3.05, 3.63) is 29.3 Å². The van der Waals surface area contributed by atoms with Gasteiger partial charge in [-0.05, 0) is 44.0 Å². The summed E-state index contributed by atoms with van der Waals surface area (Å²) in [5.74, 6) is -0.219. The molecule has 1 aliphatic rings. The first-order chi connectivity index (χ1) is 9.24. The third kappa shape index (κ3) is 2.52. The standard InChI is InChI=1S/C15H19ClN2O2/c1-9(2)12-13(19)17-15(3,4)14(20)18(12)11-7-5-10(16)6-8-11/h5-9,12H,1-4H3,(H,17,19). The van der Waals surface area contributed by atoms with Crippen molar-refractivity contribution in [1.82, 2.24) is 5.32 Å². The van der Waals surface area contributed by atoms with E-state index in [-0.39, 0.29) is 17.7 Å². The van der Waals surface area contributed by atoms with Gasteiger partial charge in [-0.15, -0.1) is 0 Å². The van der Waals surface area contributed by atoms with E-state index in [9.17, 15) is 9.59 Å². The van der Waals surface area contributed by atoms with Crippen LogP contribution in [0.1, 0.15) is 27.7 Å². The van der Waals surface area contributed by atoms with Crippen LogP contribution in [0, 0.1) is 5.92 Å². The van der Waals surface area contributed by atoms with Crippen LogP contribution in [0.3, 0.4) is 0 Å². The molecule has 0 saturated carbocycles.